The zero-order valence-electron chi connectivity index (χ0n) is 8.46. The van der Waals surface area contributed by atoms with Gasteiger partial charge in [0, 0.05) is 23.5 Å². The van der Waals surface area contributed by atoms with Crippen LogP contribution in [0.5, 0.6) is 0 Å². The molecule has 78 valence electrons. The third-order valence-electron chi connectivity index (χ3n) is 2.67. The summed E-state index contributed by atoms with van der Waals surface area (Å²) in [5.74, 6) is 0.258. The molecule has 1 atom stereocenters. The van der Waals surface area contributed by atoms with Crippen molar-refractivity contribution in [3.8, 4) is 0 Å². The van der Waals surface area contributed by atoms with Crippen molar-refractivity contribution in [3.63, 3.8) is 0 Å². The number of fused-ring (bicyclic) bond motifs is 1. The van der Waals surface area contributed by atoms with Crippen LogP contribution in [0, 0.1) is 0 Å². The van der Waals surface area contributed by atoms with E-state index in [-0.39, 0.29) is 5.92 Å². The van der Waals surface area contributed by atoms with Crippen LogP contribution in [0.4, 0.5) is 0 Å². The number of halogens is 1. The molecule has 2 aromatic rings. The lowest BCUT2D eigenvalue weighted by atomic mass is 9.98. The van der Waals surface area contributed by atoms with E-state index in [0.717, 1.165) is 27.8 Å². The number of aldehydes is 1. The van der Waals surface area contributed by atoms with E-state index >= 15 is 0 Å². The Bertz CT molecular complexity index is 489. The molecule has 0 saturated carbocycles. The Morgan fingerprint density at radius 3 is 3.07 bits per heavy atom. The Balaban J connectivity index is 2.42. The molecule has 0 aliphatic carbocycles. The van der Waals surface area contributed by atoms with Crippen molar-refractivity contribution in [2.45, 2.75) is 19.3 Å². The minimum atomic E-state index is 0.258. The van der Waals surface area contributed by atoms with Crippen LogP contribution in [-0.2, 0) is 4.79 Å². The summed E-state index contributed by atoms with van der Waals surface area (Å²) in [5, 5.41) is 1.76. The maximum atomic E-state index is 10.4. The summed E-state index contributed by atoms with van der Waals surface area (Å²) >= 11 is 5.98. The van der Waals surface area contributed by atoms with Crippen molar-refractivity contribution in [1.82, 2.24) is 4.98 Å². The largest absolute Gasteiger partial charge is 0.360 e. The molecule has 1 unspecified atom stereocenters. The normalized spacial score (nSPS) is 12.9. The molecule has 0 aliphatic rings. The molecule has 1 aromatic carbocycles. The van der Waals surface area contributed by atoms with Gasteiger partial charge in [-0.15, -0.1) is 0 Å². The highest BCUT2D eigenvalue weighted by atomic mass is 35.5. The fourth-order valence-corrected chi connectivity index (χ4v) is 1.91. The monoisotopic (exact) mass is 221 g/mol. The van der Waals surface area contributed by atoms with E-state index in [1.807, 2.05) is 19.1 Å². The second-order valence-electron chi connectivity index (χ2n) is 3.75. The predicted octanol–water partition coefficient (Wildman–Crippen LogP) is 3.51. The number of hydrogen-bond donors (Lipinski definition) is 1. The Labute approximate surface area is 93.2 Å². The van der Waals surface area contributed by atoms with Crippen LogP contribution in [0.2, 0.25) is 5.02 Å². The first kappa shape index (κ1) is 10.2. The van der Waals surface area contributed by atoms with Crippen LogP contribution in [0.3, 0.4) is 0 Å². The topological polar surface area (TPSA) is 32.9 Å². The van der Waals surface area contributed by atoms with E-state index in [9.17, 15) is 4.79 Å². The number of rotatable bonds is 3. The highest BCUT2D eigenvalue weighted by Crippen LogP contribution is 2.27. The van der Waals surface area contributed by atoms with Crippen molar-refractivity contribution in [2.24, 2.45) is 0 Å². The minimum Gasteiger partial charge on any atom is -0.360 e. The van der Waals surface area contributed by atoms with Crippen molar-refractivity contribution < 1.29 is 4.79 Å². The van der Waals surface area contributed by atoms with E-state index in [1.165, 1.54) is 0 Å². The summed E-state index contributed by atoms with van der Waals surface area (Å²) in [5.41, 5.74) is 2.18. The molecule has 1 heterocycles. The quantitative estimate of drug-likeness (QED) is 0.791. The lowest BCUT2D eigenvalue weighted by molar-refractivity contribution is -0.108. The van der Waals surface area contributed by atoms with Crippen LogP contribution >= 0.6 is 11.6 Å². The average Bonchev–Trinajstić information content (AvgIpc) is 2.60. The van der Waals surface area contributed by atoms with Gasteiger partial charge in [-0.05, 0) is 17.5 Å². The highest BCUT2D eigenvalue weighted by Gasteiger charge is 2.07. The molecule has 1 aromatic heterocycles. The highest BCUT2D eigenvalue weighted by molar-refractivity contribution is 6.35. The van der Waals surface area contributed by atoms with E-state index in [2.05, 4.69) is 11.1 Å². The second-order valence-corrected chi connectivity index (χ2v) is 4.15. The smallest absolute Gasteiger partial charge is 0.120 e. The van der Waals surface area contributed by atoms with Crippen molar-refractivity contribution in [2.75, 3.05) is 0 Å². The lowest BCUT2D eigenvalue weighted by Crippen LogP contribution is -1.93. The van der Waals surface area contributed by atoms with Gasteiger partial charge in [0.1, 0.15) is 6.29 Å². The summed E-state index contributed by atoms with van der Waals surface area (Å²) in [6.07, 6.45) is 3.29. The van der Waals surface area contributed by atoms with E-state index in [1.54, 1.807) is 6.20 Å². The first-order chi connectivity index (χ1) is 7.22. The third-order valence-corrected chi connectivity index (χ3v) is 2.99. The van der Waals surface area contributed by atoms with Gasteiger partial charge >= 0.3 is 0 Å². The third kappa shape index (κ3) is 1.90. The fourth-order valence-electron chi connectivity index (χ4n) is 1.70. The summed E-state index contributed by atoms with van der Waals surface area (Å²) < 4.78 is 0. The summed E-state index contributed by atoms with van der Waals surface area (Å²) in [4.78, 5) is 13.5. The SMILES string of the molecule is CC(CC=O)c1ccc2c(Cl)c[nH]c2c1. The molecule has 3 heteroatoms. The number of aromatic nitrogens is 1. The molecular formula is C12H12ClNO. The Morgan fingerprint density at radius 2 is 2.33 bits per heavy atom. The molecule has 2 nitrogen and oxygen atoms in total. The summed E-state index contributed by atoms with van der Waals surface area (Å²) in [6.45, 7) is 2.04. The molecule has 0 amide bonds. The number of benzene rings is 1. The van der Waals surface area contributed by atoms with Crippen LogP contribution in [0.1, 0.15) is 24.8 Å². The fraction of sp³-hybridized carbons (Fsp3) is 0.250. The second kappa shape index (κ2) is 4.07. The number of aromatic amines is 1. The van der Waals surface area contributed by atoms with Crippen molar-refractivity contribution >= 4 is 28.8 Å². The summed E-state index contributed by atoms with van der Waals surface area (Å²) in [7, 11) is 0. The maximum absolute atomic E-state index is 10.4. The van der Waals surface area contributed by atoms with Gasteiger partial charge < -0.3 is 9.78 Å². The molecule has 0 saturated heterocycles. The number of hydrogen-bond acceptors (Lipinski definition) is 1. The zero-order valence-corrected chi connectivity index (χ0v) is 9.21. The van der Waals surface area contributed by atoms with Gasteiger partial charge in [-0.1, -0.05) is 30.7 Å². The molecule has 0 aliphatic heterocycles. The van der Waals surface area contributed by atoms with Gasteiger partial charge in [-0.2, -0.15) is 0 Å². The van der Waals surface area contributed by atoms with Crippen molar-refractivity contribution in [3.05, 3.63) is 35.0 Å². The van der Waals surface area contributed by atoms with Gasteiger partial charge in [-0.25, -0.2) is 0 Å². The Kier molecular flexibility index (Phi) is 2.78. The van der Waals surface area contributed by atoms with Gasteiger partial charge in [0.05, 0.1) is 5.02 Å². The van der Waals surface area contributed by atoms with Crippen LogP contribution in [0.25, 0.3) is 10.9 Å². The van der Waals surface area contributed by atoms with Gasteiger partial charge in [0.2, 0.25) is 0 Å². The molecule has 0 radical (unpaired) electrons. The van der Waals surface area contributed by atoms with E-state index in [0.29, 0.717) is 6.42 Å². The lowest BCUT2D eigenvalue weighted by Gasteiger charge is -2.07. The molecule has 0 bridgehead atoms. The molecule has 2 rings (SSSR count). The van der Waals surface area contributed by atoms with Gasteiger partial charge in [0.15, 0.2) is 0 Å². The molecule has 0 fully saturated rings. The minimum absolute atomic E-state index is 0.258. The molecule has 1 N–H and O–H groups in total. The Hall–Kier alpha value is -1.28. The maximum Gasteiger partial charge on any atom is 0.120 e. The first-order valence-corrected chi connectivity index (χ1v) is 5.30. The average molecular weight is 222 g/mol. The van der Waals surface area contributed by atoms with Gasteiger partial charge in [-0.3, -0.25) is 0 Å². The number of nitrogens with one attached hydrogen (secondary N) is 1. The Morgan fingerprint density at radius 1 is 1.53 bits per heavy atom. The summed E-state index contributed by atoms with van der Waals surface area (Å²) in [6, 6.07) is 6.07. The number of H-pyrrole nitrogens is 1. The van der Waals surface area contributed by atoms with Crippen LogP contribution in [-0.4, -0.2) is 11.3 Å². The number of carbonyl (C=O) groups excluding carboxylic acids is 1. The van der Waals surface area contributed by atoms with Gasteiger partial charge in [0.25, 0.3) is 0 Å². The standard InChI is InChI=1S/C12H12ClNO/c1-8(4-5-15)9-2-3-10-11(13)7-14-12(10)6-9/h2-3,5-8,14H,4H2,1H3. The zero-order chi connectivity index (χ0) is 10.8. The predicted molar refractivity (Wildman–Crippen MR) is 62.4 cm³/mol. The van der Waals surface area contributed by atoms with Crippen molar-refractivity contribution in [1.29, 1.82) is 0 Å². The van der Waals surface area contributed by atoms with E-state index in [4.69, 9.17) is 11.6 Å². The molecule has 0 spiro atoms. The van der Waals surface area contributed by atoms with Crippen LogP contribution < -0.4 is 0 Å². The first-order valence-electron chi connectivity index (χ1n) is 4.92. The van der Waals surface area contributed by atoms with E-state index < -0.39 is 0 Å². The number of carbonyl (C=O) groups is 1. The van der Waals surface area contributed by atoms with Crippen LogP contribution in [0.15, 0.2) is 24.4 Å². The molecular weight excluding hydrogens is 210 g/mol. The molecule has 15 heavy (non-hydrogen) atoms.